The Bertz CT molecular complexity index is 1450. The number of anilines is 1. The van der Waals surface area contributed by atoms with Gasteiger partial charge in [0.1, 0.15) is 0 Å². The number of amides is 1. The Kier molecular flexibility index (Phi) is 6.37. The number of aryl methyl sites for hydroxylation is 1. The van der Waals surface area contributed by atoms with Gasteiger partial charge < -0.3 is 5.32 Å². The van der Waals surface area contributed by atoms with Gasteiger partial charge in [0, 0.05) is 11.6 Å². The molecule has 5 nitrogen and oxygen atoms in total. The lowest BCUT2D eigenvalue weighted by atomic mass is 9.98. The Hall–Kier alpha value is -3.90. The van der Waals surface area contributed by atoms with Gasteiger partial charge >= 0.3 is 0 Å². The summed E-state index contributed by atoms with van der Waals surface area (Å²) in [6, 6.07) is 31.3. The van der Waals surface area contributed by atoms with E-state index in [-0.39, 0.29) is 22.9 Å². The molecule has 1 atom stereocenters. The second-order valence-corrected chi connectivity index (χ2v) is 11.1. The quantitative estimate of drug-likeness (QED) is 0.375. The van der Waals surface area contributed by atoms with E-state index in [2.05, 4.69) is 5.32 Å². The van der Waals surface area contributed by atoms with Gasteiger partial charge in [-0.15, -0.1) is 0 Å². The monoisotopic (exact) mass is 496 g/mol. The first kappa shape index (κ1) is 23.8. The van der Waals surface area contributed by atoms with Crippen molar-refractivity contribution in [1.82, 2.24) is 5.32 Å². The minimum absolute atomic E-state index is 0.206. The van der Waals surface area contributed by atoms with E-state index in [1.54, 1.807) is 36.4 Å². The molecular formula is C30H28N2O3S. The molecule has 0 saturated carbocycles. The molecule has 0 spiro atoms. The molecule has 36 heavy (non-hydrogen) atoms. The maximum Gasteiger partial charge on any atom is 0.264 e. The van der Waals surface area contributed by atoms with E-state index in [4.69, 9.17) is 0 Å². The zero-order valence-corrected chi connectivity index (χ0v) is 21.1. The Morgan fingerprint density at radius 3 is 2.03 bits per heavy atom. The van der Waals surface area contributed by atoms with Crippen molar-refractivity contribution in [3.05, 3.63) is 131 Å². The van der Waals surface area contributed by atoms with E-state index in [0.29, 0.717) is 17.7 Å². The summed E-state index contributed by atoms with van der Waals surface area (Å²) in [7, 11) is -3.71. The highest BCUT2D eigenvalue weighted by atomic mass is 32.2. The van der Waals surface area contributed by atoms with Gasteiger partial charge in [-0.25, -0.2) is 8.42 Å². The molecule has 1 heterocycles. The average Bonchev–Trinajstić information content (AvgIpc) is 3.24. The lowest BCUT2D eigenvalue weighted by Gasteiger charge is -2.24. The van der Waals surface area contributed by atoms with E-state index in [9.17, 15) is 13.2 Å². The van der Waals surface area contributed by atoms with Crippen LogP contribution in [0.4, 0.5) is 5.69 Å². The number of sulfonamides is 1. The lowest BCUT2D eigenvalue weighted by molar-refractivity contribution is 0.0943. The molecule has 4 aromatic carbocycles. The summed E-state index contributed by atoms with van der Waals surface area (Å²) >= 11 is 0. The summed E-state index contributed by atoms with van der Waals surface area (Å²) in [6.45, 7) is 3.82. The number of nitrogens with zero attached hydrogens (tertiary/aromatic N) is 1. The van der Waals surface area contributed by atoms with Crippen molar-refractivity contribution in [2.45, 2.75) is 37.2 Å². The third-order valence-corrected chi connectivity index (χ3v) is 8.56. The maximum absolute atomic E-state index is 13.4. The van der Waals surface area contributed by atoms with Crippen LogP contribution < -0.4 is 9.62 Å². The molecule has 1 aliphatic heterocycles. The molecule has 0 unspecified atom stereocenters. The van der Waals surface area contributed by atoms with Crippen molar-refractivity contribution >= 4 is 21.6 Å². The molecule has 0 fully saturated rings. The summed E-state index contributed by atoms with van der Waals surface area (Å²) in [5.74, 6) is -0.206. The summed E-state index contributed by atoms with van der Waals surface area (Å²) in [5.41, 5.74) is 4.96. The van der Waals surface area contributed by atoms with Gasteiger partial charge in [-0.2, -0.15) is 0 Å². The highest BCUT2D eigenvalue weighted by molar-refractivity contribution is 7.92. The van der Waals surface area contributed by atoms with Gasteiger partial charge in [0.25, 0.3) is 15.9 Å². The Morgan fingerprint density at radius 1 is 0.861 bits per heavy atom. The van der Waals surface area contributed by atoms with Crippen LogP contribution in [-0.4, -0.2) is 20.4 Å². The molecule has 0 aliphatic carbocycles. The van der Waals surface area contributed by atoms with E-state index in [0.717, 1.165) is 22.3 Å². The molecule has 1 N–H and O–H groups in total. The average molecular weight is 497 g/mol. The fourth-order valence-electron chi connectivity index (χ4n) is 4.80. The molecule has 0 saturated heterocycles. The first-order chi connectivity index (χ1) is 17.3. The standard InChI is InChI=1S/C30H28N2O3S/c1-21-13-16-27(17-14-21)36(34,35)32-22(2)19-26-20-25(15-18-28(26)32)30(33)31-29(23-9-5-3-6-10-23)24-11-7-4-8-12-24/h3-18,20,22,29H,19H2,1-2H3,(H,31,33)/t22-/m1/s1. The molecule has 1 aliphatic rings. The molecule has 1 amide bonds. The van der Waals surface area contributed by atoms with Gasteiger partial charge in [0.05, 0.1) is 16.6 Å². The van der Waals surface area contributed by atoms with E-state index >= 15 is 0 Å². The van der Waals surface area contributed by atoms with E-state index in [1.165, 1.54) is 4.31 Å². The SMILES string of the molecule is Cc1ccc(S(=O)(=O)N2c3ccc(C(=O)NC(c4ccccc4)c4ccccc4)cc3C[C@H]2C)cc1. The molecule has 0 aromatic heterocycles. The van der Waals surface area contributed by atoms with Gasteiger partial charge in [-0.3, -0.25) is 9.10 Å². The van der Waals surface area contributed by atoms with Crippen molar-refractivity contribution < 1.29 is 13.2 Å². The Labute approximate surface area is 212 Å². The van der Waals surface area contributed by atoms with E-state index < -0.39 is 10.0 Å². The van der Waals surface area contributed by atoms with Crippen molar-refractivity contribution in [1.29, 1.82) is 0 Å². The van der Waals surface area contributed by atoms with Gasteiger partial charge in [0.2, 0.25) is 0 Å². The van der Waals surface area contributed by atoms with Crippen molar-refractivity contribution in [2.24, 2.45) is 0 Å². The van der Waals surface area contributed by atoms with Gasteiger partial charge in [-0.05, 0) is 67.3 Å². The number of carbonyl (C=O) groups excluding carboxylic acids is 1. The number of nitrogens with one attached hydrogen (secondary N) is 1. The van der Waals surface area contributed by atoms with Crippen LogP contribution in [0, 0.1) is 6.92 Å². The second kappa shape index (κ2) is 9.63. The zero-order valence-electron chi connectivity index (χ0n) is 20.3. The topological polar surface area (TPSA) is 66.5 Å². The number of rotatable bonds is 6. The molecule has 0 bridgehead atoms. The van der Waals surface area contributed by atoms with Crippen LogP contribution >= 0.6 is 0 Å². The van der Waals surface area contributed by atoms with Crippen molar-refractivity contribution in [2.75, 3.05) is 4.31 Å². The number of carbonyl (C=O) groups is 1. The molecular weight excluding hydrogens is 468 g/mol. The largest absolute Gasteiger partial charge is 0.341 e. The van der Waals surface area contributed by atoms with Crippen LogP contribution in [-0.2, 0) is 16.4 Å². The van der Waals surface area contributed by atoms with Crippen LogP contribution in [0.15, 0.2) is 108 Å². The minimum Gasteiger partial charge on any atom is -0.341 e. The first-order valence-corrected chi connectivity index (χ1v) is 13.4. The summed E-state index contributed by atoms with van der Waals surface area (Å²) in [4.78, 5) is 13.6. The maximum atomic E-state index is 13.4. The minimum atomic E-state index is -3.71. The van der Waals surface area contributed by atoms with Gasteiger partial charge in [0.15, 0.2) is 0 Å². The molecule has 182 valence electrons. The summed E-state index contributed by atoms with van der Waals surface area (Å²) < 4.78 is 28.4. The zero-order chi connectivity index (χ0) is 25.3. The highest BCUT2D eigenvalue weighted by Crippen LogP contribution is 2.37. The molecule has 6 heteroatoms. The number of hydrogen-bond acceptors (Lipinski definition) is 3. The highest BCUT2D eigenvalue weighted by Gasteiger charge is 2.36. The van der Waals surface area contributed by atoms with Crippen LogP contribution in [0.25, 0.3) is 0 Å². The summed E-state index contributed by atoms with van der Waals surface area (Å²) in [5, 5.41) is 3.17. The van der Waals surface area contributed by atoms with Crippen LogP contribution in [0.5, 0.6) is 0 Å². The van der Waals surface area contributed by atoms with Crippen LogP contribution in [0.2, 0.25) is 0 Å². The summed E-state index contributed by atoms with van der Waals surface area (Å²) in [6.07, 6.45) is 0.544. The number of benzene rings is 4. The van der Waals surface area contributed by atoms with Crippen molar-refractivity contribution in [3.8, 4) is 0 Å². The predicted octanol–water partition coefficient (Wildman–Crippen LogP) is 5.65. The second-order valence-electron chi connectivity index (χ2n) is 9.24. The number of fused-ring (bicyclic) bond motifs is 1. The van der Waals surface area contributed by atoms with Gasteiger partial charge in [-0.1, -0.05) is 78.4 Å². The first-order valence-electron chi connectivity index (χ1n) is 12.0. The molecule has 0 radical (unpaired) electrons. The van der Waals surface area contributed by atoms with Crippen LogP contribution in [0.1, 0.15) is 45.6 Å². The fourth-order valence-corrected chi connectivity index (χ4v) is 6.49. The van der Waals surface area contributed by atoms with E-state index in [1.807, 2.05) is 80.6 Å². The Morgan fingerprint density at radius 2 is 1.44 bits per heavy atom. The van der Waals surface area contributed by atoms with Crippen LogP contribution in [0.3, 0.4) is 0 Å². The third kappa shape index (κ3) is 4.52. The molecule has 4 aromatic rings. The smallest absolute Gasteiger partial charge is 0.264 e. The normalized spacial score (nSPS) is 15.1. The third-order valence-electron chi connectivity index (χ3n) is 6.61. The lowest BCUT2D eigenvalue weighted by Crippen LogP contribution is -2.35. The molecule has 5 rings (SSSR count). The fraction of sp³-hybridized carbons (Fsp3) is 0.167. The number of hydrogen-bond donors (Lipinski definition) is 1. The predicted molar refractivity (Wildman–Crippen MR) is 143 cm³/mol. The Balaban J connectivity index is 1.44. The van der Waals surface area contributed by atoms with Crippen molar-refractivity contribution in [3.63, 3.8) is 0 Å².